The van der Waals surface area contributed by atoms with E-state index in [2.05, 4.69) is 4.98 Å². The lowest BCUT2D eigenvalue weighted by molar-refractivity contribution is 0.496. The fourth-order valence-electron chi connectivity index (χ4n) is 2.02. The molecule has 1 aliphatic rings. The van der Waals surface area contributed by atoms with Crippen molar-refractivity contribution in [2.24, 2.45) is 5.73 Å². The number of rotatable bonds is 2. The van der Waals surface area contributed by atoms with E-state index in [1.165, 1.54) is 6.26 Å². The highest BCUT2D eigenvalue weighted by Gasteiger charge is 2.22. The second-order valence-electron chi connectivity index (χ2n) is 4.42. The Bertz CT molecular complexity index is 493. The number of pyridine rings is 1. The van der Waals surface area contributed by atoms with Gasteiger partial charge in [-0.1, -0.05) is 0 Å². The molecular weight excluding hydrogens is 238 g/mol. The van der Waals surface area contributed by atoms with Gasteiger partial charge in [0.1, 0.15) is 10.7 Å². The summed E-state index contributed by atoms with van der Waals surface area (Å²) < 4.78 is 23.3. The Balaban J connectivity index is 2.33. The molecule has 1 saturated heterocycles. The number of anilines is 1. The van der Waals surface area contributed by atoms with Gasteiger partial charge in [0, 0.05) is 31.6 Å². The topological polar surface area (TPSA) is 76.3 Å². The first kappa shape index (κ1) is 12.3. The van der Waals surface area contributed by atoms with Crippen molar-refractivity contribution in [3.63, 3.8) is 0 Å². The molecule has 1 aliphatic heterocycles. The molecule has 17 heavy (non-hydrogen) atoms. The first-order valence-corrected chi connectivity index (χ1v) is 7.53. The fraction of sp³-hybridized carbons (Fsp3) is 0.545. The SMILES string of the molecule is CS(=O)(=O)c1cccnc1N1CCC(N)CC1. The van der Waals surface area contributed by atoms with E-state index in [1.807, 2.05) is 4.90 Å². The number of sulfone groups is 1. The summed E-state index contributed by atoms with van der Waals surface area (Å²) in [5.41, 5.74) is 5.83. The van der Waals surface area contributed by atoms with Gasteiger partial charge in [0.25, 0.3) is 0 Å². The first-order valence-electron chi connectivity index (χ1n) is 5.64. The normalized spacial score (nSPS) is 18.4. The molecule has 0 radical (unpaired) electrons. The summed E-state index contributed by atoms with van der Waals surface area (Å²) in [6, 6.07) is 3.47. The third-order valence-corrected chi connectivity index (χ3v) is 4.11. The molecule has 0 aliphatic carbocycles. The highest BCUT2D eigenvalue weighted by atomic mass is 32.2. The van der Waals surface area contributed by atoms with E-state index in [9.17, 15) is 8.42 Å². The van der Waals surface area contributed by atoms with Gasteiger partial charge in [0.15, 0.2) is 9.84 Å². The Kier molecular flexibility index (Phi) is 3.35. The summed E-state index contributed by atoms with van der Waals surface area (Å²) in [5.74, 6) is 0.557. The number of nitrogens with two attached hydrogens (primary N) is 1. The standard InChI is InChI=1S/C11H17N3O2S/c1-17(15,16)10-3-2-6-13-11(10)14-7-4-9(12)5-8-14/h2-3,6,9H,4-5,7-8,12H2,1H3. The van der Waals surface area contributed by atoms with Crippen LogP contribution in [0.1, 0.15) is 12.8 Å². The minimum Gasteiger partial charge on any atom is -0.355 e. The van der Waals surface area contributed by atoms with Gasteiger partial charge < -0.3 is 10.6 Å². The Labute approximate surface area is 102 Å². The van der Waals surface area contributed by atoms with Crippen molar-refractivity contribution >= 4 is 15.7 Å². The second kappa shape index (κ2) is 4.62. The van der Waals surface area contributed by atoms with Crippen molar-refractivity contribution in [3.8, 4) is 0 Å². The predicted octanol–water partition coefficient (Wildman–Crippen LogP) is 0.413. The van der Waals surface area contributed by atoms with Crippen LogP contribution in [0.5, 0.6) is 0 Å². The molecule has 5 nitrogen and oxygen atoms in total. The number of nitrogens with zero attached hydrogens (tertiary/aromatic N) is 2. The van der Waals surface area contributed by atoms with Crippen molar-refractivity contribution in [1.82, 2.24) is 4.98 Å². The van der Waals surface area contributed by atoms with Crippen LogP contribution in [-0.2, 0) is 9.84 Å². The average molecular weight is 255 g/mol. The van der Waals surface area contributed by atoms with Crippen molar-refractivity contribution in [2.75, 3.05) is 24.2 Å². The zero-order valence-corrected chi connectivity index (χ0v) is 10.7. The van der Waals surface area contributed by atoms with Gasteiger partial charge in [0.2, 0.25) is 0 Å². The maximum atomic E-state index is 11.7. The van der Waals surface area contributed by atoms with Crippen LogP contribution in [-0.4, -0.2) is 38.8 Å². The van der Waals surface area contributed by atoms with Crippen molar-refractivity contribution < 1.29 is 8.42 Å². The van der Waals surface area contributed by atoms with Gasteiger partial charge in [-0.3, -0.25) is 0 Å². The van der Waals surface area contributed by atoms with E-state index < -0.39 is 9.84 Å². The van der Waals surface area contributed by atoms with Crippen LogP contribution in [0.3, 0.4) is 0 Å². The molecule has 2 rings (SSSR count). The molecule has 0 unspecified atom stereocenters. The summed E-state index contributed by atoms with van der Waals surface area (Å²) in [6.45, 7) is 1.53. The average Bonchev–Trinajstić information content (AvgIpc) is 2.29. The van der Waals surface area contributed by atoms with Gasteiger partial charge >= 0.3 is 0 Å². The van der Waals surface area contributed by atoms with E-state index in [4.69, 9.17) is 5.73 Å². The Morgan fingerprint density at radius 1 is 1.41 bits per heavy atom. The third-order valence-electron chi connectivity index (χ3n) is 2.99. The molecule has 1 fully saturated rings. The van der Waals surface area contributed by atoms with Crippen LogP contribution < -0.4 is 10.6 Å². The summed E-state index contributed by atoms with van der Waals surface area (Å²) in [4.78, 5) is 6.50. The van der Waals surface area contributed by atoms with Crippen molar-refractivity contribution in [1.29, 1.82) is 0 Å². The molecule has 1 aromatic heterocycles. The minimum absolute atomic E-state index is 0.219. The lowest BCUT2D eigenvalue weighted by atomic mass is 10.1. The van der Waals surface area contributed by atoms with Gasteiger partial charge in [-0.05, 0) is 25.0 Å². The quantitative estimate of drug-likeness (QED) is 0.828. The summed E-state index contributed by atoms with van der Waals surface area (Å²) in [7, 11) is -3.23. The van der Waals surface area contributed by atoms with E-state index in [-0.39, 0.29) is 6.04 Å². The van der Waals surface area contributed by atoms with Crippen molar-refractivity contribution in [3.05, 3.63) is 18.3 Å². The number of hydrogen-bond acceptors (Lipinski definition) is 5. The second-order valence-corrected chi connectivity index (χ2v) is 6.41. The number of hydrogen-bond donors (Lipinski definition) is 1. The highest BCUT2D eigenvalue weighted by molar-refractivity contribution is 7.90. The summed E-state index contributed by atoms with van der Waals surface area (Å²) in [5, 5.41) is 0. The number of piperidine rings is 1. The minimum atomic E-state index is -3.23. The lowest BCUT2D eigenvalue weighted by Crippen LogP contribution is -2.40. The number of aromatic nitrogens is 1. The molecule has 0 spiro atoms. The van der Waals surface area contributed by atoms with E-state index in [1.54, 1.807) is 18.3 Å². The van der Waals surface area contributed by atoms with Gasteiger partial charge in [-0.25, -0.2) is 13.4 Å². The van der Waals surface area contributed by atoms with Crippen LogP contribution in [0.15, 0.2) is 23.2 Å². The van der Waals surface area contributed by atoms with Crippen molar-refractivity contribution in [2.45, 2.75) is 23.8 Å². The third kappa shape index (κ3) is 2.76. The molecule has 6 heteroatoms. The van der Waals surface area contributed by atoms with Gasteiger partial charge in [-0.15, -0.1) is 0 Å². The molecule has 2 heterocycles. The maximum Gasteiger partial charge on any atom is 0.179 e. The zero-order chi connectivity index (χ0) is 12.5. The maximum absolute atomic E-state index is 11.7. The zero-order valence-electron chi connectivity index (χ0n) is 9.83. The molecule has 0 bridgehead atoms. The molecule has 1 aromatic rings. The molecule has 0 amide bonds. The molecule has 2 N–H and O–H groups in total. The van der Waals surface area contributed by atoms with Gasteiger partial charge in [0.05, 0.1) is 0 Å². The Morgan fingerprint density at radius 3 is 2.65 bits per heavy atom. The van der Waals surface area contributed by atoms with Crippen LogP contribution in [0.4, 0.5) is 5.82 Å². The first-order chi connectivity index (χ1) is 7.98. The van der Waals surface area contributed by atoms with E-state index in [0.717, 1.165) is 25.9 Å². The smallest absolute Gasteiger partial charge is 0.179 e. The summed E-state index contributed by atoms with van der Waals surface area (Å²) in [6.07, 6.45) is 4.58. The Morgan fingerprint density at radius 2 is 2.06 bits per heavy atom. The summed E-state index contributed by atoms with van der Waals surface area (Å²) >= 11 is 0. The molecule has 0 atom stereocenters. The predicted molar refractivity (Wildman–Crippen MR) is 66.8 cm³/mol. The highest BCUT2D eigenvalue weighted by Crippen LogP contribution is 2.24. The van der Waals surface area contributed by atoms with Gasteiger partial charge in [-0.2, -0.15) is 0 Å². The van der Waals surface area contributed by atoms with Crippen LogP contribution in [0.2, 0.25) is 0 Å². The van der Waals surface area contributed by atoms with Crippen LogP contribution in [0.25, 0.3) is 0 Å². The van der Waals surface area contributed by atoms with Crippen LogP contribution >= 0.6 is 0 Å². The largest absolute Gasteiger partial charge is 0.355 e. The lowest BCUT2D eigenvalue weighted by Gasteiger charge is -2.31. The molecule has 94 valence electrons. The Hall–Kier alpha value is -1.14. The van der Waals surface area contributed by atoms with E-state index in [0.29, 0.717) is 10.7 Å². The molecule has 0 saturated carbocycles. The van der Waals surface area contributed by atoms with E-state index >= 15 is 0 Å². The van der Waals surface area contributed by atoms with Crippen LogP contribution in [0, 0.1) is 0 Å². The fourth-order valence-corrected chi connectivity index (χ4v) is 2.86. The molecule has 0 aromatic carbocycles. The molecular formula is C11H17N3O2S. The monoisotopic (exact) mass is 255 g/mol.